The van der Waals surface area contributed by atoms with Crippen molar-refractivity contribution in [2.45, 2.75) is 26.4 Å². The van der Waals surface area contributed by atoms with E-state index in [2.05, 4.69) is 51.8 Å². The van der Waals surface area contributed by atoms with Crippen LogP contribution in [-0.2, 0) is 5.60 Å². The van der Waals surface area contributed by atoms with Crippen molar-refractivity contribution < 1.29 is 26.9 Å². The minimum atomic E-state index is -0.958. The van der Waals surface area contributed by atoms with E-state index in [0.29, 0.717) is 5.82 Å². The summed E-state index contributed by atoms with van der Waals surface area (Å²) in [4.78, 5) is 26.0. The summed E-state index contributed by atoms with van der Waals surface area (Å²) in [5, 5.41) is 9.44. The predicted molar refractivity (Wildman–Crippen MR) is 96.9 cm³/mol. The summed E-state index contributed by atoms with van der Waals surface area (Å²) in [5.41, 5.74) is -0.958. The number of hydrogen-bond donors (Lipinski definition) is 1. The molecule has 10 heteroatoms. The van der Waals surface area contributed by atoms with Crippen LogP contribution in [0.5, 0.6) is 0 Å². The Bertz CT molecular complexity index is 605. The number of carbonyl (C=O) groups is 1. The molecule has 1 N–H and O–H groups in total. The predicted octanol–water partition coefficient (Wildman–Crippen LogP) is -0.0183. The molecule has 128 valence electrons. The Morgan fingerprint density at radius 1 is 1.00 bits per heavy atom. The van der Waals surface area contributed by atoms with Gasteiger partial charge in [-0.15, -0.1) is 0 Å². The van der Waals surface area contributed by atoms with E-state index in [9.17, 15) is 9.90 Å². The molecule has 0 atom stereocenters. The van der Waals surface area contributed by atoms with Crippen LogP contribution in [0, 0.1) is 7.43 Å². The van der Waals surface area contributed by atoms with Gasteiger partial charge in [0, 0.05) is 31.7 Å². The van der Waals surface area contributed by atoms with E-state index in [-0.39, 0.29) is 59.1 Å². The average molecular weight is 537 g/mol. The number of rotatable bonds is 2. The first-order chi connectivity index (χ1) is 9.70. The smallest absolute Gasteiger partial charge is 1.00 e. The molecule has 0 saturated heterocycles. The average Bonchev–Trinajstić information content (AvgIpc) is 2.39. The fraction of sp³-hybridized carbons (Fsp3) is 0.286. The van der Waals surface area contributed by atoms with Gasteiger partial charge in [-0.3, -0.25) is 4.79 Å². The van der Waals surface area contributed by atoms with Crippen LogP contribution in [0.15, 0.2) is 33.7 Å². The number of nitrogens with zero attached hydrogens (tertiary/aromatic N) is 4. The summed E-state index contributed by atoms with van der Waals surface area (Å²) in [6, 6.07) is 0. The molecule has 2 aromatic heterocycles. The van der Waals surface area contributed by atoms with E-state index in [4.69, 9.17) is 0 Å². The van der Waals surface area contributed by atoms with Crippen molar-refractivity contribution in [2.24, 2.45) is 0 Å². The third-order valence-electron chi connectivity index (χ3n) is 2.10. The molecular formula is C14H17Br3MgN4O2. The van der Waals surface area contributed by atoms with Crippen molar-refractivity contribution in [1.29, 1.82) is 0 Å². The third-order valence-corrected chi connectivity index (χ3v) is 2.92. The summed E-state index contributed by atoms with van der Waals surface area (Å²) in [5.74, 6) is 0.566. The quantitative estimate of drug-likeness (QED) is 0.330. The van der Waals surface area contributed by atoms with E-state index >= 15 is 0 Å². The Morgan fingerprint density at radius 3 is 1.62 bits per heavy atom. The first kappa shape index (κ1) is 28.8. The summed E-state index contributed by atoms with van der Waals surface area (Å²) in [6.07, 6.45) is 6.31. The molecule has 2 aromatic rings. The molecule has 6 nitrogen and oxygen atoms in total. The van der Waals surface area contributed by atoms with Gasteiger partial charge in [0.15, 0.2) is 17.4 Å². The van der Waals surface area contributed by atoms with E-state index in [1.54, 1.807) is 38.6 Å². The Kier molecular flexibility index (Phi) is 15.9. The van der Waals surface area contributed by atoms with E-state index < -0.39 is 5.60 Å². The zero-order chi connectivity index (χ0) is 16.0. The van der Waals surface area contributed by atoms with Crippen molar-refractivity contribution in [3.63, 3.8) is 0 Å². The second-order valence-corrected chi connectivity index (χ2v) is 6.40. The first-order valence-corrected chi connectivity index (χ1v) is 7.47. The standard InChI is InChI=1S/C7H9BrN2O.C6H5BrN2O.CH3.BrH.Mg/c1-7(2,11)6-9-3-5(8)4-10-6;1-4(10)6-8-2-5(7)3-9-6;;;/h3-4,11H,1-2H3;2-3H,1H3;1H3;1H;/q;;-1;;+2/p-1. The van der Waals surface area contributed by atoms with Crippen molar-refractivity contribution in [3.8, 4) is 0 Å². The van der Waals surface area contributed by atoms with Crippen molar-refractivity contribution in [2.75, 3.05) is 0 Å². The van der Waals surface area contributed by atoms with Crippen LogP contribution in [-0.4, -0.2) is 53.9 Å². The topological polar surface area (TPSA) is 88.9 Å². The molecule has 0 aliphatic rings. The van der Waals surface area contributed by atoms with Crippen LogP contribution in [0.4, 0.5) is 0 Å². The maximum Gasteiger partial charge on any atom is 2.00 e. The zero-order valence-corrected chi connectivity index (χ0v) is 20.0. The molecule has 0 saturated carbocycles. The Balaban J connectivity index is -0.000000328. The molecular weight excluding hydrogens is 520 g/mol. The Labute approximate surface area is 185 Å². The van der Waals surface area contributed by atoms with Gasteiger partial charge in [0.25, 0.3) is 0 Å². The first-order valence-electron chi connectivity index (χ1n) is 5.89. The number of aromatic nitrogens is 4. The van der Waals surface area contributed by atoms with Crippen LogP contribution in [0.25, 0.3) is 0 Å². The van der Waals surface area contributed by atoms with Gasteiger partial charge >= 0.3 is 23.1 Å². The van der Waals surface area contributed by atoms with Gasteiger partial charge in [-0.2, -0.15) is 0 Å². The minimum Gasteiger partial charge on any atom is -1.00 e. The van der Waals surface area contributed by atoms with Gasteiger partial charge in [0.1, 0.15) is 5.60 Å². The number of aliphatic hydroxyl groups is 1. The molecule has 0 spiro atoms. The van der Waals surface area contributed by atoms with Gasteiger partial charge in [-0.25, -0.2) is 19.9 Å². The molecule has 0 aromatic carbocycles. The van der Waals surface area contributed by atoms with Gasteiger partial charge in [-0.1, -0.05) is 0 Å². The minimum absolute atomic E-state index is 0. The fourth-order valence-corrected chi connectivity index (χ4v) is 1.53. The van der Waals surface area contributed by atoms with E-state index in [0.717, 1.165) is 8.95 Å². The summed E-state index contributed by atoms with van der Waals surface area (Å²) in [7, 11) is 0. The monoisotopic (exact) mass is 534 g/mol. The van der Waals surface area contributed by atoms with E-state index in [1.807, 2.05) is 0 Å². The zero-order valence-electron chi connectivity index (χ0n) is 13.8. The van der Waals surface area contributed by atoms with Crippen LogP contribution >= 0.6 is 31.9 Å². The molecule has 0 amide bonds. The number of halogens is 3. The van der Waals surface area contributed by atoms with Crippen LogP contribution in [0.1, 0.15) is 37.2 Å². The maximum atomic E-state index is 10.6. The second-order valence-electron chi connectivity index (χ2n) is 4.56. The molecule has 0 radical (unpaired) electrons. The molecule has 0 unspecified atom stereocenters. The maximum absolute atomic E-state index is 10.6. The van der Waals surface area contributed by atoms with Crippen molar-refractivity contribution in [1.82, 2.24) is 19.9 Å². The Hall–Kier alpha value is -0.00377. The van der Waals surface area contributed by atoms with Gasteiger partial charge in [-0.05, 0) is 45.7 Å². The molecule has 2 heterocycles. The van der Waals surface area contributed by atoms with Crippen molar-refractivity contribution in [3.05, 3.63) is 52.8 Å². The Morgan fingerprint density at radius 2 is 1.33 bits per heavy atom. The number of Topliss-reactive ketones (excluding diaryl/α,β-unsaturated/α-hetero) is 1. The summed E-state index contributed by atoms with van der Waals surface area (Å²) < 4.78 is 1.59. The number of ketones is 1. The SMILES string of the molecule is CC(=O)c1ncc(Br)cn1.CC(C)(O)c1ncc(Br)cn1.[Br-].[CH3-].[Mg+2]. The summed E-state index contributed by atoms with van der Waals surface area (Å²) in [6.45, 7) is 4.73. The molecule has 0 aliphatic heterocycles. The molecule has 0 aliphatic carbocycles. The van der Waals surface area contributed by atoms with Crippen molar-refractivity contribution >= 4 is 60.7 Å². The number of carbonyl (C=O) groups excluding carboxylic acids is 1. The van der Waals surface area contributed by atoms with Gasteiger partial charge < -0.3 is 29.5 Å². The van der Waals surface area contributed by atoms with Crippen LogP contribution in [0.3, 0.4) is 0 Å². The molecule has 24 heavy (non-hydrogen) atoms. The molecule has 2 rings (SSSR count). The third kappa shape index (κ3) is 10.8. The van der Waals surface area contributed by atoms with Crippen LogP contribution < -0.4 is 17.0 Å². The molecule has 0 bridgehead atoms. The normalized spacial score (nSPS) is 9.25. The number of hydrogen-bond acceptors (Lipinski definition) is 6. The summed E-state index contributed by atoms with van der Waals surface area (Å²) >= 11 is 6.36. The van der Waals surface area contributed by atoms with Gasteiger partial charge in [0.05, 0.1) is 8.95 Å². The second kappa shape index (κ2) is 13.2. The largest absolute Gasteiger partial charge is 2.00 e. The van der Waals surface area contributed by atoms with Crippen LogP contribution in [0.2, 0.25) is 0 Å². The van der Waals surface area contributed by atoms with Gasteiger partial charge in [0.2, 0.25) is 0 Å². The van der Waals surface area contributed by atoms with E-state index in [1.165, 1.54) is 6.92 Å². The molecule has 0 fully saturated rings. The fourth-order valence-electron chi connectivity index (χ4n) is 1.12.